The van der Waals surface area contributed by atoms with E-state index in [1.807, 2.05) is 30.0 Å². The van der Waals surface area contributed by atoms with Gasteiger partial charge in [-0.3, -0.25) is 14.8 Å². The van der Waals surface area contributed by atoms with E-state index in [4.69, 9.17) is 29.2 Å². The fraction of sp³-hybridized carbons (Fsp3) is 0.537. The molecule has 4 fully saturated rings. The van der Waals surface area contributed by atoms with Gasteiger partial charge in [-0.2, -0.15) is 9.97 Å². The molecule has 2 unspecified atom stereocenters. The summed E-state index contributed by atoms with van der Waals surface area (Å²) in [4.78, 5) is 46.3. The minimum Gasteiger partial charge on any atom is -0.461 e. The van der Waals surface area contributed by atoms with Crippen LogP contribution >= 0.6 is 0 Å². The monoisotopic (exact) mass is 773 g/mol. The molecule has 6 aliphatic rings. The van der Waals surface area contributed by atoms with Gasteiger partial charge in [0.05, 0.1) is 29.6 Å². The molecule has 2 aromatic heterocycles. The van der Waals surface area contributed by atoms with Gasteiger partial charge in [-0.15, -0.1) is 0 Å². The van der Waals surface area contributed by atoms with Crippen molar-refractivity contribution in [2.45, 2.75) is 94.7 Å². The van der Waals surface area contributed by atoms with Gasteiger partial charge in [0.25, 0.3) is 5.92 Å². The zero-order valence-corrected chi connectivity index (χ0v) is 31.7. The van der Waals surface area contributed by atoms with Crippen molar-refractivity contribution in [1.82, 2.24) is 30.1 Å². The summed E-state index contributed by atoms with van der Waals surface area (Å²) in [5, 5.41) is 4.75. The summed E-state index contributed by atoms with van der Waals surface area (Å²) < 4.78 is 63.9. The van der Waals surface area contributed by atoms with Crippen molar-refractivity contribution in [3.05, 3.63) is 47.9 Å². The van der Waals surface area contributed by atoms with Crippen LogP contribution in [0.4, 0.5) is 28.6 Å². The first-order valence-electron chi connectivity index (χ1n) is 19.8. The first-order valence-corrected chi connectivity index (χ1v) is 19.8. The van der Waals surface area contributed by atoms with Crippen molar-refractivity contribution in [2.24, 2.45) is 0 Å². The molecule has 296 valence electrons. The highest BCUT2D eigenvalue weighted by Gasteiger charge is 2.47. The fourth-order valence-electron chi connectivity index (χ4n) is 9.76. The van der Waals surface area contributed by atoms with E-state index < -0.39 is 48.5 Å². The van der Waals surface area contributed by atoms with Crippen LogP contribution in [0.25, 0.3) is 32.9 Å². The molecule has 0 radical (unpaired) electrons. The molecular formula is C41H46F3N7O5. The number of halogens is 3. The first-order chi connectivity index (χ1) is 26.9. The van der Waals surface area contributed by atoms with Gasteiger partial charge < -0.3 is 24.4 Å². The molecule has 6 aliphatic heterocycles. The predicted octanol–water partition coefficient (Wildman–Crippen LogP) is 7.25. The summed E-state index contributed by atoms with van der Waals surface area (Å²) in [6.45, 7) is 6.33. The number of pyridine rings is 1. The van der Waals surface area contributed by atoms with Crippen LogP contribution in [0.2, 0.25) is 0 Å². The number of aromatic nitrogens is 3. The van der Waals surface area contributed by atoms with E-state index in [2.05, 4.69) is 10.2 Å². The lowest BCUT2D eigenvalue weighted by Gasteiger charge is -2.41. The molecule has 12 nitrogen and oxygen atoms in total. The Bertz CT molecular complexity index is 2210. The largest absolute Gasteiger partial charge is 0.461 e. The number of nitrogens with one attached hydrogen (secondary N) is 1. The van der Waals surface area contributed by atoms with Crippen molar-refractivity contribution in [3.8, 4) is 23.0 Å². The maximum absolute atomic E-state index is 17.5. The summed E-state index contributed by atoms with van der Waals surface area (Å²) >= 11 is 0. The SMILES string of the molecule is CC1CC(F)(F)CN1C(=O)Oc1cc2c3c(cccc3c1)CCCOC(=O)NC1(C)CCCN(C1)c1nc(OCC34CCCN3CCC4)nc3c(F)c-2ncc13. The van der Waals surface area contributed by atoms with Gasteiger partial charge in [-0.25, -0.2) is 22.8 Å². The molecule has 56 heavy (non-hydrogen) atoms. The Hall–Kier alpha value is -4.92. The van der Waals surface area contributed by atoms with Crippen molar-refractivity contribution < 1.29 is 37.0 Å². The van der Waals surface area contributed by atoms with Gasteiger partial charge in [0, 0.05) is 37.3 Å². The van der Waals surface area contributed by atoms with Crippen LogP contribution < -0.4 is 19.7 Å². The van der Waals surface area contributed by atoms with Gasteiger partial charge >= 0.3 is 18.2 Å². The van der Waals surface area contributed by atoms with Crippen LogP contribution in [0.1, 0.15) is 70.8 Å². The highest BCUT2D eigenvalue weighted by Crippen LogP contribution is 2.42. The molecule has 0 saturated carbocycles. The molecule has 1 N–H and O–H groups in total. The zero-order valence-electron chi connectivity index (χ0n) is 31.7. The molecule has 15 heteroatoms. The third-order valence-electron chi connectivity index (χ3n) is 12.4. The number of alkyl carbamates (subject to hydrolysis) is 1. The summed E-state index contributed by atoms with van der Waals surface area (Å²) in [5.74, 6) is -3.22. The number of likely N-dealkylation sites (tertiary alicyclic amines) is 1. The average Bonchev–Trinajstić information content (AvgIpc) is 3.83. The second-order valence-electron chi connectivity index (χ2n) is 16.6. The number of carbonyl (C=O) groups excluding carboxylic acids is 2. The van der Waals surface area contributed by atoms with E-state index in [0.29, 0.717) is 66.5 Å². The Kier molecular flexibility index (Phi) is 9.13. The number of anilines is 1. The lowest BCUT2D eigenvalue weighted by molar-refractivity contribution is 0.0131. The van der Waals surface area contributed by atoms with Crippen LogP contribution in [0.15, 0.2) is 36.5 Å². The van der Waals surface area contributed by atoms with Crippen LogP contribution in [0.5, 0.6) is 11.8 Å². The van der Waals surface area contributed by atoms with E-state index in [0.717, 1.165) is 55.7 Å². The lowest BCUT2D eigenvalue weighted by Crippen LogP contribution is -2.57. The summed E-state index contributed by atoms with van der Waals surface area (Å²) in [7, 11) is 0. The normalized spacial score (nSPS) is 24.7. The maximum Gasteiger partial charge on any atom is 0.415 e. The molecule has 2 aromatic carbocycles. The third-order valence-corrected chi connectivity index (χ3v) is 12.4. The quantitative estimate of drug-likeness (QED) is 0.227. The molecule has 0 aliphatic carbocycles. The molecule has 8 heterocycles. The Morgan fingerprint density at radius 2 is 1.86 bits per heavy atom. The highest BCUT2D eigenvalue weighted by molar-refractivity contribution is 6.02. The number of carbonyl (C=O) groups is 2. The fourth-order valence-corrected chi connectivity index (χ4v) is 9.76. The number of ether oxygens (including phenoxy) is 3. The Morgan fingerprint density at radius 1 is 1.05 bits per heavy atom. The van der Waals surface area contributed by atoms with Crippen molar-refractivity contribution in [2.75, 3.05) is 50.8 Å². The van der Waals surface area contributed by atoms with Crippen LogP contribution in [-0.4, -0.2) is 106 Å². The van der Waals surface area contributed by atoms with E-state index in [1.165, 1.54) is 6.07 Å². The number of benzene rings is 2. The molecule has 2 atom stereocenters. The topological polar surface area (TPSA) is 122 Å². The summed E-state index contributed by atoms with van der Waals surface area (Å²) in [6, 6.07) is 8.06. The number of rotatable bonds is 4. The lowest BCUT2D eigenvalue weighted by atomic mass is 9.91. The summed E-state index contributed by atoms with van der Waals surface area (Å²) in [6.07, 6.45) is 6.27. The van der Waals surface area contributed by atoms with Gasteiger partial charge in [0.2, 0.25) is 0 Å². The molecule has 0 spiro atoms. The van der Waals surface area contributed by atoms with Gasteiger partial charge in [-0.05, 0) is 107 Å². The Balaban J connectivity index is 1.19. The predicted molar refractivity (Wildman–Crippen MR) is 203 cm³/mol. The van der Waals surface area contributed by atoms with Crippen molar-refractivity contribution in [1.29, 1.82) is 0 Å². The third kappa shape index (κ3) is 6.71. The zero-order chi connectivity index (χ0) is 38.8. The Labute approximate surface area is 322 Å². The second kappa shape index (κ2) is 13.9. The number of alkyl halides is 2. The highest BCUT2D eigenvalue weighted by atomic mass is 19.3. The van der Waals surface area contributed by atoms with E-state index in [9.17, 15) is 18.4 Å². The first kappa shape index (κ1) is 36.7. The van der Waals surface area contributed by atoms with Gasteiger partial charge in [0.15, 0.2) is 5.82 Å². The van der Waals surface area contributed by atoms with E-state index in [1.54, 1.807) is 19.2 Å². The number of piperidine rings is 1. The number of hydrogen-bond acceptors (Lipinski definition) is 10. The number of fused-ring (bicyclic) bond motifs is 7. The molecule has 4 aromatic rings. The minimum atomic E-state index is -3.02. The summed E-state index contributed by atoms with van der Waals surface area (Å²) in [5.41, 5.74) is 0.406. The number of nitrogens with zero attached hydrogens (tertiary/aromatic N) is 6. The standard InChI is InChI=1S/C41H46F3N7O5/c1-25-20-41(43,44)23-51(25)38(53)56-28-18-27-9-3-8-26-10-4-17-54-37(52)48-39(2)11-5-14-49(22-39)35-30-21-45-33(29(19-28)31(26)27)32(42)34(30)46-36(47-35)55-24-40-12-6-15-50(40)16-7-13-40/h3,8-9,18-19,21,25H,4-7,10-17,20,22-24H2,1-2H3,(H,48,52). The van der Waals surface area contributed by atoms with Crippen LogP contribution in [-0.2, 0) is 11.2 Å². The van der Waals surface area contributed by atoms with Crippen molar-refractivity contribution >= 4 is 39.7 Å². The number of hydrogen-bond donors (Lipinski definition) is 1. The smallest absolute Gasteiger partial charge is 0.415 e. The molecule has 2 amide bonds. The van der Waals surface area contributed by atoms with Crippen LogP contribution in [0.3, 0.4) is 0 Å². The maximum atomic E-state index is 17.5. The van der Waals surface area contributed by atoms with Crippen LogP contribution in [0, 0.1) is 5.82 Å². The van der Waals surface area contributed by atoms with Gasteiger partial charge in [0.1, 0.15) is 29.4 Å². The van der Waals surface area contributed by atoms with E-state index in [-0.39, 0.29) is 35.1 Å². The van der Waals surface area contributed by atoms with Gasteiger partial charge in [-0.1, -0.05) is 18.2 Å². The average molecular weight is 774 g/mol. The Morgan fingerprint density at radius 3 is 2.64 bits per heavy atom. The minimum absolute atomic E-state index is 0.0207. The molecule has 6 bridgehead atoms. The molecule has 10 rings (SSSR count). The second-order valence-corrected chi connectivity index (χ2v) is 16.6. The number of aryl methyl sites for hydroxylation is 1. The van der Waals surface area contributed by atoms with Crippen molar-refractivity contribution in [3.63, 3.8) is 0 Å². The number of amides is 2. The molecule has 4 saturated heterocycles. The molecular weight excluding hydrogens is 727 g/mol. The van der Waals surface area contributed by atoms with E-state index >= 15 is 4.39 Å².